The summed E-state index contributed by atoms with van der Waals surface area (Å²) in [7, 11) is 1.53. The van der Waals surface area contributed by atoms with Crippen LogP contribution < -0.4 is 10.2 Å². The summed E-state index contributed by atoms with van der Waals surface area (Å²) in [5, 5.41) is 0. The molecule has 0 aliphatic carbocycles. The smallest absolute Gasteiger partial charge is 0.366 e. The molecule has 0 spiro atoms. The van der Waals surface area contributed by atoms with Crippen molar-refractivity contribution in [1.82, 2.24) is 4.48 Å². The van der Waals surface area contributed by atoms with Gasteiger partial charge in [-0.15, -0.1) is 0 Å². The summed E-state index contributed by atoms with van der Waals surface area (Å²) in [4.78, 5) is 14.9. The number of alkyl halides is 3. The largest absolute Gasteiger partial charge is 0.422 e. The number of amides is 1. The number of rotatable bonds is 2. The number of quaternary nitrogens is 1. The van der Waals surface area contributed by atoms with Crippen LogP contribution in [-0.4, -0.2) is 19.3 Å². The first-order chi connectivity index (χ1) is 8.74. The lowest BCUT2D eigenvalue weighted by Gasteiger charge is -2.25. The number of carbonyl (C=O) groups is 1. The Labute approximate surface area is 107 Å². The molecule has 0 saturated carbocycles. The monoisotopic (exact) mass is 270 g/mol. The van der Waals surface area contributed by atoms with Crippen molar-refractivity contribution in [2.24, 2.45) is 10.7 Å². The molecule has 1 atom stereocenters. The molecule has 7 heteroatoms. The third-order valence-electron chi connectivity index (χ3n) is 2.88. The van der Waals surface area contributed by atoms with Gasteiger partial charge in [-0.1, -0.05) is 0 Å². The van der Waals surface area contributed by atoms with Crippen LogP contribution in [0.4, 0.5) is 18.9 Å². The zero-order chi connectivity index (χ0) is 14.3. The van der Waals surface area contributed by atoms with E-state index in [4.69, 9.17) is 5.73 Å². The highest BCUT2D eigenvalue weighted by molar-refractivity contribution is 5.95. The first kappa shape index (κ1) is 13.3. The molecule has 100 valence electrons. The summed E-state index contributed by atoms with van der Waals surface area (Å²) < 4.78 is 38.8. The molecule has 1 aromatic carbocycles. The predicted molar refractivity (Wildman–Crippen MR) is 65.3 cm³/mol. The maximum atomic E-state index is 13.0. The van der Waals surface area contributed by atoms with E-state index in [0.29, 0.717) is 0 Å². The van der Waals surface area contributed by atoms with Crippen LogP contribution >= 0.6 is 0 Å². The van der Waals surface area contributed by atoms with Gasteiger partial charge in [0.1, 0.15) is 11.8 Å². The second-order valence-corrected chi connectivity index (χ2v) is 4.30. The molecule has 1 amide bonds. The van der Waals surface area contributed by atoms with Crippen LogP contribution in [0.5, 0.6) is 0 Å². The van der Waals surface area contributed by atoms with Gasteiger partial charge in [-0.2, -0.15) is 13.2 Å². The number of halogens is 3. The minimum atomic E-state index is -4.52. The maximum Gasteiger partial charge on any atom is 0.422 e. The minimum Gasteiger partial charge on any atom is -0.366 e. The van der Waals surface area contributed by atoms with Gasteiger partial charge >= 0.3 is 6.18 Å². The van der Waals surface area contributed by atoms with E-state index in [0.717, 1.165) is 18.2 Å². The van der Waals surface area contributed by atoms with Crippen LogP contribution in [0.3, 0.4) is 0 Å². The molecular formula is C12H11F3N3O+. The zero-order valence-corrected chi connectivity index (χ0v) is 9.98. The predicted octanol–water partition coefficient (Wildman–Crippen LogP) is 2.25. The van der Waals surface area contributed by atoms with Crippen molar-refractivity contribution in [3.05, 3.63) is 41.7 Å². The van der Waals surface area contributed by atoms with Crippen molar-refractivity contribution >= 4 is 17.9 Å². The van der Waals surface area contributed by atoms with Crippen molar-refractivity contribution in [2.45, 2.75) is 6.18 Å². The van der Waals surface area contributed by atoms with E-state index in [-0.39, 0.29) is 15.7 Å². The van der Waals surface area contributed by atoms with Gasteiger partial charge in [0.05, 0.1) is 13.2 Å². The SMILES string of the molecule is C[N+]1(c2cc(C(N)=O)ccc2C(F)(F)F)C=CN=C1. The van der Waals surface area contributed by atoms with E-state index in [2.05, 4.69) is 4.99 Å². The molecule has 0 radical (unpaired) electrons. The average Bonchev–Trinajstić information content (AvgIpc) is 2.75. The van der Waals surface area contributed by atoms with Crippen molar-refractivity contribution in [2.75, 3.05) is 7.05 Å². The molecular weight excluding hydrogens is 259 g/mol. The molecule has 1 unspecified atom stereocenters. The number of carbonyl (C=O) groups excluding carboxylic acids is 1. The Balaban J connectivity index is 2.67. The Kier molecular flexibility index (Phi) is 2.94. The fraction of sp³-hybridized carbons (Fsp3) is 0.167. The Bertz CT molecular complexity index is 578. The molecule has 1 aliphatic heterocycles. The Morgan fingerprint density at radius 2 is 2.05 bits per heavy atom. The summed E-state index contributed by atoms with van der Waals surface area (Å²) >= 11 is 0. The van der Waals surface area contributed by atoms with Crippen molar-refractivity contribution in [3.8, 4) is 0 Å². The Morgan fingerprint density at radius 3 is 2.53 bits per heavy atom. The first-order valence-corrected chi connectivity index (χ1v) is 5.33. The maximum absolute atomic E-state index is 13.0. The van der Waals surface area contributed by atoms with Crippen LogP contribution in [0.25, 0.3) is 0 Å². The molecule has 0 bridgehead atoms. The van der Waals surface area contributed by atoms with Gasteiger partial charge in [0.25, 0.3) is 0 Å². The lowest BCUT2D eigenvalue weighted by molar-refractivity contribution is -0.137. The minimum absolute atomic E-state index is 0.0241. The summed E-state index contributed by atoms with van der Waals surface area (Å²) in [6, 6.07) is 3.07. The van der Waals surface area contributed by atoms with E-state index in [1.807, 2.05) is 0 Å². The fourth-order valence-electron chi connectivity index (χ4n) is 1.86. The highest BCUT2D eigenvalue weighted by Gasteiger charge is 2.40. The number of hydrogen-bond donors (Lipinski definition) is 1. The van der Waals surface area contributed by atoms with Crippen LogP contribution in [0, 0.1) is 0 Å². The molecule has 2 N–H and O–H groups in total. The van der Waals surface area contributed by atoms with Crippen LogP contribution in [0.15, 0.2) is 35.6 Å². The van der Waals surface area contributed by atoms with Gasteiger partial charge in [0, 0.05) is 11.6 Å². The van der Waals surface area contributed by atoms with Gasteiger partial charge < -0.3 is 5.73 Å². The normalized spacial score (nSPS) is 21.9. The Morgan fingerprint density at radius 1 is 1.37 bits per heavy atom. The quantitative estimate of drug-likeness (QED) is 0.823. The molecule has 0 fully saturated rings. The molecule has 1 aliphatic rings. The summed E-state index contributed by atoms with van der Waals surface area (Å²) in [5.41, 5.74) is 4.21. The second-order valence-electron chi connectivity index (χ2n) is 4.30. The first-order valence-electron chi connectivity index (χ1n) is 5.33. The molecule has 19 heavy (non-hydrogen) atoms. The number of aliphatic imine (C=N–C) groups is 1. The second kappa shape index (κ2) is 4.20. The van der Waals surface area contributed by atoms with E-state index in [1.54, 1.807) is 0 Å². The van der Waals surface area contributed by atoms with Gasteiger partial charge in [-0.25, -0.2) is 9.48 Å². The zero-order valence-electron chi connectivity index (χ0n) is 9.98. The van der Waals surface area contributed by atoms with Crippen molar-refractivity contribution in [1.29, 1.82) is 0 Å². The van der Waals surface area contributed by atoms with Gasteiger partial charge in [-0.3, -0.25) is 4.79 Å². The molecule has 1 heterocycles. The van der Waals surface area contributed by atoms with Gasteiger partial charge in [0.2, 0.25) is 5.91 Å². The lowest BCUT2D eigenvalue weighted by atomic mass is 10.1. The van der Waals surface area contributed by atoms with Crippen molar-refractivity contribution < 1.29 is 18.0 Å². The van der Waals surface area contributed by atoms with Crippen LogP contribution in [0.2, 0.25) is 0 Å². The number of primary amides is 1. The van der Waals surface area contributed by atoms with E-state index in [9.17, 15) is 18.0 Å². The fourth-order valence-corrected chi connectivity index (χ4v) is 1.86. The standard InChI is InChI=1S/C12H10F3N3O/c1-18(5-4-17-7-18)10-6-8(11(16)19)2-3-9(10)12(13,14)15/h2-7H,1H3,(H-,16,19)/p+1. The number of hydrogen-bond acceptors (Lipinski definition) is 2. The average molecular weight is 270 g/mol. The molecule has 0 saturated heterocycles. The number of benzene rings is 1. The summed E-state index contributed by atoms with van der Waals surface area (Å²) in [6.07, 6.45) is -0.293. The lowest BCUT2D eigenvalue weighted by Crippen LogP contribution is -2.37. The molecule has 0 aromatic heterocycles. The third-order valence-corrected chi connectivity index (χ3v) is 2.88. The molecule has 1 aromatic rings. The molecule has 2 rings (SSSR count). The van der Waals surface area contributed by atoms with Crippen molar-refractivity contribution in [3.63, 3.8) is 0 Å². The summed E-state index contributed by atoms with van der Waals surface area (Å²) in [5.74, 6) is -0.776. The highest BCUT2D eigenvalue weighted by Crippen LogP contribution is 2.39. The van der Waals surface area contributed by atoms with Gasteiger partial charge in [0.15, 0.2) is 12.0 Å². The topological polar surface area (TPSA) is 55.5 Å². The van der Waals surface area contributed by atoms with E-state index >= 15 is 0 Å². The number of nitrogens with two attached hydrogens (primary N) is 1. The van der Waals surface area contributed by atoms with E-state index < -0.39 is 17.6 Å². The van der Waals surface area contributed by atoms with E-state index in [1.165, 1.54) is 25.8 Å². The molecule has 4 nitrogen and oxygen atoms in total. The number of nitrogens with zero attached hydrogens (tertiary/aromatic N) is 2. The highest BCUT2D eigenvalue weighted by atomic mass is 19.4. The Hall–Kier alpha value is -2.15. The van der Waals surface area contributed by atoms with Gasteiger partial charge in [-0.05, 0) is 12.1 Å². The van der Waals surface area contributed by atoms with Crippen LogP contribution in [-0.2, 0) is 6.18 Å². The summed E-state index contributed by atoms with van der Waals surface area (Å²) in [6.45, 7) is 0. The van der Waals surface area contributed by atoms with Crippen LogP contribution in [0.1, 0.15) is 15.9 Å². The third kappa shape index (κ3) is 2.37.